The van der Waals surface area contributed by atoms with Crippen LogP contribution >= 0.6 is 11.6 Å². The van der Waals surface area contributed by atoms with E-state index in [4.69, 9.17) is 11.6 Å². The molecule has 0 aliphatic carbocycles. The maximum Gasteiger partial charge on any atom is 0.235 e. The Morgan fingerprint density at radius 1 is 1.54 bits per heavy atom. The number of sulfone groups is 1. The van der Waals surface area contributed by atoms with Crippen molar-refractivity contribution in [3.63, 3.8) is 0 Å². The fourth-order valence-electron chi connectivity index (χ4n) is 1.21. The third-order valence-corrected chi connectivity index (χ3v) is 3.75. The normalized spacial score (nSPS) is 31.5. The number of aliphatic hydroxyl groups excluding tert-OH is 1. The van der Waals surface area contributed by atoms with Crippen molar-refractivity contribution in [1.82, 2.24) is 5.32 Å². The molecule has 13 heavy (non-hydrogen) atoms. The van der Waals surface area contributed by atoms with Crippen LogP contribution in [0.2, 0.25) is 0 Å². The number of hydrogen-bond donors (Lipinski definition) is 2. The molecule has 7 heteroatoms. The molecular formula is C6H10ClNO4S. The third-order valence-electron chi connectivity index (χ3n) is 1.79. The largest absolute Gasteiger partial charge is 0.390 e. The van der Waals surface area contributed by atoms with Crippen LogP contribution in [0.1, 0.15) is 0 Å². The second-order valence-electron chi connectivity index (χ2n) is 2.95. The fraction of sp³-hybridized carbons (Fsp3) is 0.833. The van der Waals surface area contributed by atoms with Crippen LogP contribution in [0.3, 0.4) is 0 Å². The van der Waals surface area contributed by atoms with Gasteiger partial charge < -0.3 is 10.4 Å². The predicted molar refractivity (Wildman–Crippen MR) is 47.3 cm³/mol. The number of carbonyl (C=O) groups is 1. The van der Waals surface area contributed by atoms with E-state index in [0.29, 0.717) is 0 Å². The van der Waals surface area contributed by atoms with Gasteiger partial charge in [0.15, 0.2) is 9.84 Å². The molecule has 1 aliphatic rings. The molecule has 2 atom stereocenters. The fourth-order valence-corrected chi connectivity index (χ4v) is 3.03. The number of alkyl halides is 1. The number of rotatable bonds is 2. The molecular weight excluding hydrogens is 218 g/mol. The Labute approximate surface area is 81.0 Å². The van der Waals surface area contributed by atoms with E-state index in [2.05, 4.69) is 5.32 Å². The van der Waals surface area contributed by atoms with E-state index >= 15 is 0 Å². The number of carbonyl (C=O) groups excluding carboxylic acids is 1. The van der Waals surface area contributed by atoms with Crippen molar-refractivity contribution in [1.29, 1.82) is 0 Å². The minimum atomic E-state index is -3.21. The summed E-state index contributed by atoms with van der Waals surface area (Å²) in [6, 6.07) is -0.712. The SMILES string of the molecule is O=C(CCl)N[C@H]1CS(=O)(=O)C[C@@H]1O. The van der Waals surface area contributed by atoms with Crippen LogP contribution in [0.5, 0.6) is 0 Å². The van der Waals surface area contributed by atoms with E-state index in [0.717, 1.165) is 0 Å². The van der Waals surface area contributed by atoms with E-state index in [9.17, 15) is 18.3 Å². The van der Waals surface area contributed by atoms with Crippen molar-refractivity contribution in [3.05, 3.63) is 0 Å². The molecule has 0 radical (unpaired) electrons. The quantitative estimate of drug-likeness (QED) is 0.563. The molecule has 1 amide bonds. The summed E-state index contributed by atoms with van der Waals surface area (Å²) in [6.07, 6.45) is -1.02. The van der Waals surface area contributed by atoms with Gasteiger partial charge in [0.05, 0.1) is 23.7 Å². The first-order valence-corrected chi connectivity index (χ1v) is 6.04. The van der Waals surface area contributed by atoms with Crippen LogP contribution in [-0.2, 0) is 14.6 Å². The van der Waals surface area contributed by atoms with Crippen LogP contribution < -0.4 is 5.32 Å². The van der Waals surface area contributed by atoms with Crippen molar-refractivity contribution >= 4 is 27.3 Å². The Hall–Kier alpha value is -0.330. The maximum absolute atomic E-state index is 11.0. The highest BCUT2D eigenvalue weighted by Gasteiger charge is 2.36. The number of amides is 1. The molecule has 0 saturated carbocycles. The number of aliphatic hydroxyl groups is 1. The minimum absolute atomic E-state index is 0.212. The average Bonchev–Trinajstić information content (AvgIpc) is 2.24. The molecule has 0 unspecified atom stereocenters. The van der Waals surface area contributed by atoms with Crippen molar-refractivity contribution < 1.29 is 18.3 Å². The zero-order valence-electron chi connectivity index (χ0n) is 6.73. The van der Waals surface area contributed by atoms with Crippen LogP contribution in [-0.4, -0.2) is 49.0 Å². The summed E-state index contributed by atoms with van der Waals surface area (Å²) in [5, 5.41) is 11.6. The number of nitrogens with one attached hydrogen (secondary N) is 1. The van der Waals surface area contributed by atoms with Crippen LogP contribution in [0.15, 0.2) is 0 Å². The lowest BCUT2D eigenvalue weighted by Gasteiger charge is -2.13. The molecule has 76 valence electrons. The van der Waals surface area contributed by atoms with E-state index in [1.165, 1.54) is 0 Å². The van der Waals surface area contributed by atoms with Crippen LogP contribution in [0, 0.1) is 0 Å². The monoisotopic (exact) mass is 227 g/mol. The summed E-state index contributed by atoms with van der Waals surface area (Å²) in [5.41, 5.74) is 0. The van der Waals surface area contributed by atoms with Crippen LogP contribution in [0.25, 0.3) is 0 Å². The van der Waals surface area contributed by atoms with E-state index in [-0.39, 0.29) is 17.4 Å². The Bertz CT molecular complexity index is 302. The van der Waals surface area contributed by atoms with Gasteiger partial charge in [-0.05, 0) is 0 Å². The van der Waals surface area contributed by atoms with Crippen molar-refractivity contribution in [2.45, 2.75) is 12.1 Å². The van der Waals surface area contributed by atoms with Gasteiger partial charge >= 0.3 is 0 Å². The second kappa shape index (κ2) is 3.81. The zero-order chi connectivity index (χ0) is 10.1. The lowest BCUT2D eigenvalue weighted by Crippen LogP contribution is -2.43. The number of hydrogen-bond acceptors (Lipinski definition) is 4. The maximum atomic E-state index is 11.0. The molecule has 1 fully saturated rings. The predicted octanol–water partition coefficient (Wildman–Crippen LogP) is -1.50. The van der Waals surface area contributed by atoms with Gasteiger partial charge in [0.25, 0.3) is 0 Å². The number of halogens is 1. The molecule has 1 aliphatic heterocycles. The Morgan fingerprint density at radius 3 is 2.54 bits per heavy atom. The third kappa shape index (κ3) is 2.82. The summed E-state index contributed by atoms with van der Waals surface area (Å²) in [5.74, 6) is -1.21. The van der Waals surface area contributed by atoms with E-state index < -0.39 is 27.9 Å². The molecule has 2 N–H and O–H groups in total. The van der Waals surface area contributed by atoms with Crippen molar-refractivity contribution in [2.24, 2.45) is 0 Å². The lowest BCUT2D eigenvalue weighted by molar-refractivity contribution is -0.119. The summed E-state index contributed by atoms with van der Waals surface area (Å²) >= 11 is 5.21. The van der Waals surface area contributed by atoms with Gasteiger partial charge in [0.2, 0.25) is 5.91 Å². The van der Waals surface area contributed by atoms with Gasteiger partial charge in [-0.1, -0.05) is 0 Å². The van der Waals surface area contributed by atoms with Crippen molar-refractivity contribution in [3.8, 4) is 0 Å². The summed E-state index contributed by atoms with van der Waals surface area (Å²) in [6.45, 7) is 0. The van der Waals surface area contributed by atoms with Gasteiger partial charge in [-0.25, -0.2) is 8.42 Å². The van der Waals surface area contributed by atoms with Gasteiger partial charge in [-0.2, -0.15) is 0 Å². The van der Waals surface area contributed by atoms with Gasteiger partial charge in [0.1, 0.15) is 5.88 Å². The topological polar surface area (TPSA) is 83.5 Å². The zero-order valence-corrected chi connectivity index (χ0v) is 8.31. The highest BCUT2D eigenvalue weighted by atomic mass is 35.5. The summed E-state index contributed by atoms with van der Waals surface area (Å²) in [4.78, 5) is 10.8. The van der Waals surface area contributed by atoms with Gasteiger partial charge in [0, 0.05) is 0 Å². The second-order valence-corrected chi connectivity index (χ2v) is 5.37. The van der Waals surface area contributed by atoms with E-state index in [1.54, 1.807) is 0 Å². The smallest absolute Gasteiger partial charge is 0.235 e. The molecule has 0 aromatic heterocycles. The van der Waals surface area contributed by atoms with Gasteiger partial charge in [-0.15, -0.1) is 11.6 Å². The molecule has 0 aromatic rings. The molecule has 1 saturated heterocycles. The Morgan fingerprint density at radius 2 is 2.15 bits per heavy atom. The first-order valence-electron chi connectivity index (χ1n) is 3.68. The first kappa shape index (κ1) is 10.7. The Kier molecular flexibility index (Phi) is 3.15. The highest BCUT2D eigenvalue weighted by molar-refractivity contribution is 7.91. The molecule has 1 rings (SSSR count). The van der Waals surface area contributed by atoms with E-state index in [1.807, 2.05) is 0 Å². The molecule has 0 bridgehead atoms. The summed E-state index contributed by atoms with van der Waals surface area (Å²) < 4.78 is 22.0. The van der Waals surface area contributed by atoms with Gasteiger partial charge in [-0.3, -0.25) is 4.79 Å². The molecule has 5 nitrogen and oxygen atoms in total. The lowest BCUT2D eigenvalue weighted by atomic mass is 10.2. The summed E-state index contributed by atoms with van der Waals surface area (Å²) in [7, 11) is -3.21. The van der Waals surface area contributed by atoms with Crippen LogP contribution in [0.4, 0.5) is 0 Å². The first-order chi connectivity index (χ1) is 5.94. The standard InChI is InChI=1S/C6H10ClNO4S/c7-1-6(10)8-4-2-13(11,12)3-5(4)9/h4-5,9H,1-3H2,(H,8,10)/t4-,5-/m0/s1. The molecule has 0 aromatic carbocycles. The Balaban J connectivity index is 2.59. The highest BCUT2D eigenvalue weighted by Crippen LogP contribution is 2.12. The molecule has 1 heterocycles. The minimum Gasteiger partial charge on any atom is -0.390 e. The molecule has 0 spiro atoms. The van der Waals surface area contributed by atoms with Crippen molar-refractivity contribution in [2.75, 3.05) is 17.4 Å². The average molecular weight is 228 g/mol.